The Kier molecular flexibility index (Phi) is 3.78. The van der Waals surface area contributed by atoms with Gasteiger partial charge in [0.25, 0.3) is 0 Å². The number of esters is 1. The molecule has 1 saturated heterocycles. The van der Waals surface area contributed by atoms with Gasteiger partial charge in [-0.15, -0.1) is 5.92 Å². The molecule has 1 rings (SSSR count). The van der Waals surface area contributed by atoms with Crippen molar-refractivity contribution in [2.45, 2.75) is 26.4 Å². The third-order valence-electron chi connectivity index (χ3n) is 2.08. The maximum Gasteiger partial charge on any atom is 0.336 e. The van der Waals surface area contributed by atoms with E-state index in [1.54, 1.807) is 6.92 Å². The molecule has 0 spiro atoms. The third-order valence-corrected chi connectivity index (χ3v) is 2.08. The molecular formula is C10H14O3. The summed E-state index contributed by atoms with van der Waals surface area (Å²) in [5, 5.41) is 0. The molecule has 0 aromatic carbocycles. The first-order valence-corrected chi connectivity index (χ1v) is 4.43. The molecule has 1 aliphatic rings. The Hall–Kier alpha value is -1.01. The highest BCUT2D eigenvalue weighted by Crippen LogP contribution is 2.20. The first-order valence-electron chi connectivity index (χ1n) is 4.43. The quantitative estimate of drug-likeness (QED) is 0.471. The van der Waals surface area contributed by atoms with Gasteiger partial charge in [0.2, 0.25) is 0 Å². The summed E-state index contributed by atoms with van der Waals surface area (Å²) in [7, 11) is 0. The van der Waals surface area contributed by atoms with Crippen LogP contribution in [-0.2, 0) is 14.3 Å². The molecule has 1 heterocycles. The van der Waals surface area contributed by atoms with Gasteiger partial charge in [0, 0.05) is 6.61 Å². The standard InChI is InChI=1S/C10H14O3/c1-3-4-6-13-10(11)9-8(2)5-7-12-9/h8-9H,5-7H2,1-2H3. The van der Waals surface area contributed by atoms with Crippen molar-refractivity contribution in [2.24, 2.45) is 5.92 Å². The van der Waals surface area contributed by atoms with Crippen LogP contribution in [0.15, 0.2) is 0 Å². The van der Waals surface area contributed by atoms with Gasteiger partial charge in [0.15, 0.2) is 12.7 Å². The summed E-state index contributed by atoms with van der Waals surface area (Å²) in [5.41, 5.74) is 0. The number of rotatable bonds is 2. The van der Waals surface area contributed by atoms with Crippen molar-refractivity contribution in [2.75, 3.05) is 13.2 Å². The summed E-state index contributed by atoms with van der Waals surface area (Å²) in [6, 6.07) is 0. The van der Waals surface area contributed by atoms with Crippen LogP contribution in [0, 0.1) is 17.8 Å². The predicted molar refractivity (Wildman–Crippen MR) is 47.9 cm³/mol. The van der Waals surface area contributed by atoms with Crippen LogP contribution >= 0.6 is 0 Å². The lowest BCUT2D eigenvalue weighted by molar-refractivity contribution is -0.154. The van der Waals surface area contributed by atoms with Crippen LogP contribution in [0.4, 0.5) is 0 Å². The molecule has 1 fully saturated rings. The van der Waals surface area contributed by atoms with Gasteiger partial charge in [0.1, 0.15) is 0 Å². The molecule has 2 unspecified atom stereocenters. The molecule has 3 heteroatoms. The summed E-state index contributed by atoms with van der Waals surface area (Å²) in [6.07, 6.45) is 0.554. The molecule has 3 nitrogen and oxygen atoms in total. The van der Waals surface area contributed by atoms with Gasteiger partial charge >= 0.3 is 5.97 Å². The van der Waals surface area contributed by atoms with Crippen LogP contribution in [0.2, 0.25) is 0 Å². The van der Waals surface area contributed by atoms with E-state index >= 15 is 0 Å². The predicted octanol–water partition coefficient (Wildman–Crippen LogP) is 0.978. The molecule has 0 saturated carbocycles. The SMILES string of the molecule is CC#CCOC(=O)C1OCCC1C. The lowest BCUT2D eigenvalue weighted by Gasteiger charge is -2.11. The Labute approximate surface area is 78.4 Å². The van der Waals surface area contributed by atoms with Gasteiger partial charge in [-0.05, 0) is 19.3 Å². The van der Waals surface area contributed by atoms with Crippen LogP contribution in [-0.4, -0.2) is 25.3 Å². The lowest BCUT2D eigenvalue weighted by atomic mass is 10.1. The fraction of sp³-hybridized carbons (Fsp3) is 0.700. The first-order chi connectivity index (χ1) is 6.25. The maximum atomic E-state index is 11.3. The summed E-state index contributed by atoms with van der Waals surface area (Å²) in [6.45, 7) is 4.52. The normalized spacial score (nSPS) is 26.3. The minimum absolute atomic E-state index is 0.169. The highest BCUT2D eigenvalue weighted by Gasteiger charge is 2.31. The van der Waals surface area contributed by atoms with Crippen molar-refractivity contribution < 1.29 is 14.3 Å². The van der Waals surface area contributed by atoms with Gasteiger partial charge in [-0.2, -0.15) is 0 Å². The molecule has 0 bridgehead atoms. The third kappa shape index (κ3) is 2.74. The maximum absolute atomic E-state index is 11.3. The summed E-state index contributed by atoms with van der Waals surface area (Å²) in [5.74, 6) is 5.31. The number of ether oxygens (including phenoxy) is 2. The average molecular weight is 182 g/mol. The second-order valence-corrected chi connectivity index (χ2v) is 3.09. The van der Waals surface area contributed by atoms with E-state index in [1.165, 1.54) is 0 Å². The van der Waals surface area contributed by atoms with Crippen LogP contribution in [0.25, 0.3) is 0 Å². The molecule has 0 amide bonds. The second kappa shape index (κ2) is 4.88. The van der Waals surface area contributed by atoms with Crippen molar-refractivity contribution in [3.05, 3.63) is 0 Å². The van der Waals surface area contributed by atoms with Crippen LogP contribution < -0.4 is 0 Å². The minimum atomic E-state index is -0.376. The van der Waals surface area contributed by atoms with Crippen LogP contribution in [0.1, 0.15) is 20.3 Å². The van der Waals surface area contributed by atoms with Gasteiger partial charge in [-0.25, -0.2) is 4.79 Å². The highest BCUT2D eigenvalue weighted by atomic mass is 16.6. The van der Waals surface area contributed by atoms with E-state index in [0.717, 1.165) is 6.42 Å². The Morgan fingerprint density at radius 1 is 1.69 bits per heavy atom. The molecule has 2 atom stereocenters. The van der Waals surface area contributed by atoms with E-state index in [1.807, 2.05) is 6.92 Å². The number of hydrogen-bond donors (Lipinski definition) is 0. The Bertz CT molecular complexity index is 236. The zero-order valence-electron chi connectivity index (χ0n) is 8.00. The fourth-order valence-electron chi connectivity index (χ4n) is 1.26. The molecule has 0 aliphatic carbocycles. The Balaban J connectivity index is 2.33. The van der Waals surface area contributed by atoms with E-state index in [0.29, 0.717) is 6.61 Å². The molecule has 13 heavy (non-hydrogen) atoms. The summed E-state index contributed by atoms with van der Waals surface area (Å²) >= 11 is 0. The molecule has 0 radical (unpaired) electrons. The van der Waals surface area contributed by atoms with Gasteiger partial charge in [-0.1, -0.05) is 12.8 Å². The minimum Gasteiger partial charge on any atom is -0.451 e. The van der Waals surface area contributed by atoms with E-state index in [2.05, 4.69) is 11.8 Å². The number of hydrogen-bond acceptors (Lipinski definition) is 3. The van der Waals surface area contributed by atoms with Crippen molar-refractivity contribution in [1.29, 1.82) is 0 Å². The zero-order chi connectivity index (χ0) is 9.68. The first kappa shape index (κ1) is 10.1. The molecule has 0 aromatic heterocycles. The van der Waals surface area contributed by atoms with E-state index < -0.39 is 0 Å². The lowest BCUT2D eigenvalue weighted by Crippen LogP contribution is -2.27. The van der Waals surface area contributed by atoms with E-state index in [-0.39, 0.29) is 24.6 Å². The van der Waals surface area contributed by atoms with Crippen molar-refractivity contribution in [3.8, 4) is 11.8 Å². The molecule has 1 aliphatic heterocycles. The van der Waals surface area contributed by atoms with E-state index in [9.17, 15) is 4.79 Å². The van der Waals surface area contributed by atoms with Gasteiger partial charge < -0.3 is 9.47 Å². The monoisotopic (exact) mass is 182 g/mol. The number of carbonyl (C=O) groups is 1. The topological polar surface area (TPSA) is 35.5 Å². The van der Waals surface area contributed by atoms with Crippen molar-refractivity contribution in [1.82, 2.24) is 0 Å². The second-order valence-electron chi connectivity index (χ2n) is 3.09. The van der Waals surface area contributed by atoms with Gasteiger partial charge in [0.05, 0.1) is 0 Å². The molecule has 72 valence electrons. The number of carbonyl (C=O) groups excluding carboxylic acids is 1. The van der Waals surface area contributed by atoms with Crippen LogP contribution in [0.5, 0.6) is 0 Å². The average Bonchev–Trinajstić information content (AvgIpc) is 2.52. The Morgan fingerprint density at radius 3 is 3.00 bits per heavy atom. The largest absolute Gasteiger partial charge is 0.451 e. The smallest absolute Gasteiger partial charge is 0.336 e. The molecule has 0 aromatic rings. The summed E-state index contributed by atoms with van der Waals surface area (Å²) < 4.78 is 10.1. The van der Waals surface area contributed by atoms with Crippen LogP contribution in [0.3, 0.4) is 0 Å². The highest BCUT2D eigenvalue weighted by molar-refractivity contribution is 5.75. The van der Waals surface area contributed by atoms with Gasteiger partial charge in [-0.3, -0.25) is 0 Å². The van der Waals surface area contributed by atoms with Crippen molar-refractivity contribution >= 4 is 5.97 Å². The van der Waals surface area contributed by atoms with Crippen molar-refractivity contribution in [3.63, 3.8) is 0 Å². The van der Waals surface area contributed by atoms with E-state index in [4.69, 9.17) is 9.47 Å². The Morgan fingerprint density at radius 2 is 2.46 bits per heavy atom. The molecular weight excluding hydrogens is 168 g/mol. The molecule has 0 N–H and O–H groups in total. The fourth-order valence-corrected chi connectivity index (χ4v) is 1.26. The zero-order valence-corrected chi connectivity index (χ0v) is 8.00. The summed E-state index contributed by atoms with van der Waals surface area (Å²) in [4.78, 5) is 11.3.